The molecule has 1 saturated heterocycles. The number of ether oxygens (including phenoxy) is 3. The van der Waals surface area contributed by atoms with Crippen molar-refractivity contribution in [1.29, 1.82) is 0 Å². The zero-order chi connectivity index (χ0) is 28.1. The fourth-order valence-corrected chi connectivity index (χ4v) is 5.07. The van der Waals surface area contributed by atoms with Crippen molar-refractivity contribution in [2.75, 3.05) is 57.7 Å². The van der Waals surface area contributed by atoms with E-state index >= 15 is 0 Å². The number of rotatable bonds is 9. The summed E-state index contributed by atoms with van der Waals surface area (Å²) in [5.41, 5.74) is 2.09. The van der Waals surface area contributed by atoms with Crippen LogP contribution in [-0.4, -0.2) is 72.8 Å². The number of hydrogen-bond acceptors (Lipinski definition) is 9. The number of halogens is 2. The summed E-state index contributed by atoms with van der Waals surface area (Å²) in [6.07, 6.45) is 4.07. The minimum atomic E-state index is -0.461. The smallest absolute Gasteiger partial charge is 0.257 e. The number of fused-ring (bicyclic) bond motifs is 1. The maximum absolute atomic E-state index is 13.4. The summed E-state index contributed by atoms with van der Waals surface area (Å²) in [6, 6.07) is 10.8. The molecule has 0 saturated carbocycles. The highest BCUT2D eigenvalue weighted by Gasteiger charge is 2.21. The third-order valence-corrected chi connectivity index (χ3v) is 7.36. The molecule has 0 radical (unpaired) electrons. The Morgan fingerprint density at radius 1 is 1.02 bits per heavy atom. The summed E-state index contributed by atoms with van der Waals surface area (Å²) >= 11 is 12.9. The van der Waals surface area contributed by atoms with Gasteiger partial charge in [-0.2, -0.15) is 0 Å². The second-order valence-corrected chi connectivity index (χ2v) is 9.80. The molecule has 0 atom stereocenters. The van der Waals surface area contributed by atoms with Crippen molar-refractivity contribution in [3.05, 3.63) is 70.1 Å². The Labute approximate surface area is 241 Å². The van der Waals surface area contributed by atoms with Gasteiger partial charge in [0.2, 0.25) is 0 Å². The maximum Gasteiger partial charge on any atom is 0.257 e. The van der Waals surface area contributed by atoms with Gasteiger partial charge in [-0.3, -0.25) is 9.69 Å². The number of morpholine rings is 1. The monoisotopic (exact) mass is 582 g/mol. The number of anilines is 3. The van der Waals surface area contributed by atoms with Gasteiger partial charge in [-0.15, -0.1) is 0 Å². The molecule has 0 aliphatic carbocycles. The molecular formula is C28H28Cl2N6O4. The molecule has 5 rings (SSSR count). The standard InChI is InChI=1S/C28H28Cl2N6O4/c1-38-20-15-21(39-2)24(30)26(23(20)29)35-28(37)19-5-3-4-18-25(19)32-16-33-27(18)34-22-14-17(6-8-31-22)7-9-36-10-12-40-13-11-36/h3-6,8,14-16H,7,9-13H2,1-2H3,(H,35,37)(H,31,32,33,34). The average Bonchev–Trinajstić information content (AvgIpc) is 2.99. The second-order valence-electron chi connectivity index (χ2n) is 9.04. The number of nitrogens with one attached hydrogen (secondary N) is 2. The average molecular weight is 583 g/mol. The van der Waals surface area contributed by atoms with Crippen LogP contribution in [0.2, 0.25) is 10.0 Å². The van der Waals surface area contributed by atoms with Gasteiger partial charge in [-0.25, -0.2) is 15.0 Å². The van der Waals surface area contributed by atoms with Crippen LogP contribution in [0, 0.1) is 0 Å². The lowest BCUT2D eigenvalue weighted by Gasteiger charge is -2.26. The Bertz CT molecular complexity index is 1500. The lowest BCUT2D eigenvalue weighted by molar-refractivity contribution is 0.0384. The number of aromatic nitrogens is 3. The molecule has 0 spiro atoms. The lowest BCUT2D eigenvalue weighted by atomic mass is 10.1. The van der Waals surface area contributed by atoms with Crippen molar-refractivity contribution < 1.29 is 19.0 Å². The molecule has 3 heterocycles. The summed E-state index contributed by atoms with van der Waals surface area (Å²) in [4.78, 5) is 29.1. The van der Waals surface area contributed by atoms with Crippen molar-refractivity contribution in [2.45, 2.75) is 6.42 Å². The molecule has 2 aromatic heterocycles. The highest BCUT2D eigenvalue weighted by Crippen LogP contribution is 2.44. The van der Waals surface area contributed by atoms with E-state index in [0.29, 0.717) is 39.6 Å². The number of para-hydroxylation sites is 1. The molecule has 208 valence electrons. The first-order valence-electron chi connectivity index (χ1n) is 12.7. The Hall–Kier alpha value is -3.70. The number of benzene rings is 2. The predicted molar refractivity (Wildman–Crippen MR) is 156 cm³/mol. The molecule has 1 amide bonds. The van der Waals surface area contributed by atoms with E-state index in [4.69, 9.17) is 37.4 Å². The first-order valence-corrected chi connectivity index (χ1v) is 13.4. The number of hydrogen-bond donors (Lipinski definition) is 2. The van der Waals surface area contributed by atoms with Gasteiger partial charge in [-0.1, -0.05) is 29.3 Å². The quantitative estimate of drug-likeness (QED) is 0.274. The highest BCUT2D eigenvalue weighted by molar-refractivity contribution is 6.42. The topological polar surface area (TPSA) is 111 Å². The molecule has 12 heteroatoms. The summed E-state index contributed by atoms with van der Waals surface area (Å²) < 4.78 is 16.0. The van der Waals surface area contributed by atoms with Crippen LogP contribution in [0.3, 0.4) is 0 Å². The van der Waals surface area contributed by atoms with Crippen molar-refractivity contribution in [1.82, 2.24) is 19.9 Å². The van der Waals surface area contributed by atoms with Crippen LogP contribution < -0.4 is 20.1 Å². The van der Waals surface area contributed by atoms with E-state index in [9.17, 15) is 4.79 Å². The van der Waals surface area contributed by atoms with Crippen LogP contribution in [0.4, 0.5) is 17.3 Å². The second kappa shape index (κ2) is 12.6. The summed E-state index contributed by atoms with van der Waals surface area (Å²) in [7, 11) is 2.93. The minimum Gasteiger partial charge on any atom is -0.495 e. The fraction of sp³-hybridized carbons (Fsp3) is 0.286. The molecule has 4 aromatic rings. The van der Waals surface area contributed by atoms with Crippen LogP contribution in [0.25, 0.3) is 10.9 Å². The van der Waals surface area contributed by atoms with Crippen molar-refractivity contribution >= 4 is 57.3 Å². The molecule has 2 aromatic carbocycles. The first kappa shape index (κ1) is 27.9. The molecule has 0 bridgehead atoms. The fourth-order valence-electron chi connectivity index (χ4n) is 4.48. The first-order chi connectivity index (χ1) is 19.5. The van der Waals surface area contributed by atoms with Gasteiger partial charge in [0.1, 0.15) is 39.5 Å². The van der Waals surface area contributed by atoms with Gasteiger partial charge < -0.3 is 24.8 Å². The van der Waals surface area contributed by atoms with E-state index in [-0.39, 0.29) is 15.7 Å². The largest absolute Gasteiger partial charge is 0.495 e. The van der Waals surface area contributed by atoms with Gasteiger partial charge >= 0.3 is 0 Å². The van der Waals surface area contributed by atoms with Crippen molar-refractivity contribution in [3.8, 4) is 11.5 Å². The Morgan fingerprint density at radius 2 is 1.77 bits per heavy atom. The van der Waals surface area contributed by atoms with Crippen LogP contribution >= 0.6 is 23.2 Å². The number of pyridine rings is 1. The number of carbonyl (C=O) groups is 1. The molecule has 2 N–H and O–H groups in total. The van der Waals surface area contributed by atoms with Gasteiger partial charge in [0.05, 0.1) is 44.2 Å². The molecule has 40 heavy (non-hydrogen) atoms. The van der Waals surface area contributed by atoms with E-state index in [2.05, 4.69) is 30.5 Å². The van der Waals surface area contributed by atoms with Crippen LogP contribution in [0.15, 0.2) is 48.9 Å². The maximum atomic E-state index is 13.4. The van der Waals surface area contributed by atoms with Gasteiger partial charge in [0, 0.05) is 37.3 Å². The van der Waals surface area contributed by atoms with Gasteiger partial charge in [0.15, 0.2) is 0 Å². The van der Waals surface area contributed by atoms with Crippen LogP contribution in [-0.2, 0) is 11.2 Å². The molecule has 0 unspecified atom stereocenters. The van der Waals surface area contributed by atoms with Crippen molar-refractivity contribution in [3.63, 3.8) is 0 Å². The van der Waals surface area contributed by atoms with E-state index in [1.807, 2.05) is 18.2 Å². The Balaban J connectivity index is 1.39. The summed E-state index contributed by atoms with van der Waals surface area (Å²) in [5.74, 6) is 1.33. The predicted octanol–water partition coefficient (Wildman–Crippen LogP) is 5.22. The highest BCUT2D eigenvalue weighted by atomic mass is 35.5. The normalized spacial score (nSPS) is 13.7. The molecule has 10 nitrogen and oxygen atoms in total. The van der Waals surface area contributed by atoms with Crippen LogP contribution in [0.5, 0.6) is 11.5 Å². The lowest BCUT2D eigenvalue weighted by Crippen LogP contribution is -2.37. The summed E-state index contributed by atoms with van der Waals surface area (Å²) in [6.45, 7) is 4.40. The minimum absolute atomic E-state index is 0.151. The zero-order valence-corrected chi connectivity index (χ0v) is 23.6. The SMILES string of the molecule is COc1cc(OC)c(Cl)c(NC(=O)c2cccc3c(Nc4cc(CCN5CCOCC5)ccn4)ncnc23)c1Cl. The van der Waals surface area contributed by atoms with Gasteiger partial charge in [-0.05, 0) is 36.2 Å². The Morgan fingerprint density at radius 3 is 2.50 bits per heavy atom. The molecule has 1 fully saturated rings. The third-order valence-electron chi connectivity index (χ3n) is 6.61. The zero-order valence-electron chi connectivity index (χ0n) is 22.0. The number of methoxy groups -OCH3 is 2. The van der Waals surface area contributed by atoms with E-state index < -0.39 is 5.91 Å². The number of nitrogens with zero attached hydrogens (tertiary/aromatic N) is 4. The third kappa shape index (κ3) is 6.05. The molecule has 1 aliphatic rings. The summed E-state index contributed by atoms with van der Waals surface area (Å²) in [5, 5.41) is 7.02. The molecule has 1 aliphatic heterocycles. The van der Waals surface area contributed by atoms with E-state index in [1.165, 1.54) is 20.5 Å². The van der Waals surface area contributed by atoms with Crippen molar-refractivity contribution in [2.24, 2.45) is 0 Å². The van der Waals surface area contributed by atoms with E-state index in [0.717, 1.165) is 44.8 Å². The number of amides is 1. The van der Waals surface area contributed by atoms with Crippen LogP contribution in [0.1, 0.15) is 15.9 Å². The molecular weight excluding hydrogens is 555 g/mol. The van der Waals surface area contributed by atoms with Gasteiger partial charge in [0.25, 0.3) is 5.91 Å². The number of carbonyl (C=O) groups excluding carboxylic acids is 1. The Kier molecular flexibility index (Phi) is 8.81. The van der Waals surface area contributed by atoms with E-state index in [1.54, 1.807) is 24.4 Å².